The summed E-state index contributed by atoms with van der Waals surface area (Å²) in [6.07, 6.45) is 0.451. The Kier molecular flexibility index (Phi) is 4.58. The lowest BCUT2D eigenvalue weighted by Crippen LogP contribution is -2.37. The van der Waals surface area contributed by atoms with Crippen LogP contribution in [0.15, 0.2) is 30.3 Å². The van der Waals surface area contributed by atoms with Gasteiger partial charge in [0.15, 0.2) is 0 Å². The van der Waals surface area contributed by atoms with Gasteiger partial charge in [-0.15, -0.1) is 0 Å². The Morgan fingerprint density at radius 3 is 2.67 bits per heavy atom. The molecule has 0 fully saturated rings. The van der Waals surface area contributed by atoms with Gasteiger partial charge in [0.1, 0.15) is 0 Å². The number of hydrogen-bond acceptors (Lipinski definition) is 3. The molecule has 0 saturated carbocycles. The second-order valence-electron chi connectivity index (χ2n) is 6.30. The lowest BCUT2D eigenvalue weighted by Gasteiger charge is -2.20. The predicted molar refractivity (Wildman–Crippen MR) is 87.5 cm³/mol. The number of nitrogens with zero attached hydrogens (tertiary/aromatic N) is 1. The Labute approximate surface area is 126 Å². The monoisotopic (exact) mass is 285 g/mol. The number of para-hydroxylation sites is 1. The molecule has 2 rings (SSSR count). The molecule has 0 radical (unpaired) electrons. The average molecular weight is 285 g/mol. The van der Waals surface area contributed by atoms with Crippen LogP contribution in [0.25, 0.3) is 10.9 Å². The van der Waals surface area contributed by atoms with E-state index in [4.69, 9.17) is 0 Å². The van der Waals surface area contributed by atoms with Crippen molar-refractivity contribution in [2.24, 2.45) is 0 Å². The molecule has 2 aromatic rings. The number of hydrogen-bond donors (Lipinski definition) is 2. The zero-order valence-corrected chi connectivity index (χ0v) is 13.2. The Morgan fingerprint density at radius 2 is 1.95 bits per heavy atom. The highest BCUT2D eigenvalue weighted by Gasteiger charge is 2.11. The summed E-state index contributed by atoms with van der Waals surface area (Å²) in [7, 11) is 0. The van der Waals surface area contributed by atoms with Gasteiger partial charge in [0.2, 0.25) is 5.91 Å². The molecule has 2 N–H and O–H groups in total. The van der Waals surface area contributed by atoms with Gasteiger partial charge in [-0.2, -0.15) is 0 Å². The summed E-state index contributed by atoms with van der Waals surface area (Å²) in [6, 6.07) is 9.76. The normalized spacial score (nSPS) is 11.6. The Morgan fingerprint density at radius 1 is 1.24 bits per heavy atom. The summed E-state index contributed by atoms with van der Waals surface area (Å²) in [5.41, 5.74) is 2.66. The minimum atomic E-state index is 0.0162. The van der Waals surface area contributed by atoms with Crippen molar-refractivity contribution in [3.63, 3.8) is 0 Å². The van der Waals surface area contributed by atoms with Crippen LogP contribution >= 0.6 is 0 Å². The quantitative estimate of drug-likeness (QED) is 0.906. The van der Waals surface area contributed by atoms with Crippen molar-refractivity contribution in [3.8, 4) is 0 Å². The van der Waals surface area contributed by atoms with E-state index in [9.17, 15) is 4.79 Å². The highest BCUT2D eigenvalue weighted by Crippen LogP contribution is 2.22. The maximum absolute atomic E-state index is 12.1. The molecular formula is C17H23N3O. The highest BCUT2D eigenvalue weighted by atomic mass is 16.1. The van der Waals surface area contributed by atoms with E-state index in [0.29, 0.717) is 13.0 Å². The lowest BCUT2D eigenvalue weighted by atomic mass is 10.1. The molecule has 0 aliphatic heterocycles. The van der Waals surface area contributed by atoms with Gasteiger partial charge in [0.25, 0.3) is 0 Å². The third-order valence-electron chi connectivity index (χ3n) is 3.13. The topological polar surface area (TPSA) is 54.0 Å². The van der Waals surface area contributed by atoms with Crippen LogP contribution in [0.1, 0.15) is 32.9 Å². The van der Waals surface area contributed by atoms with Crippen molar-refractivity contribution in [2.75, 3.05) is 11.9 Å². The summed E-state index contributed by atoms with van der Waals surface area (Å²) >= 11 is 0. The average Bonchev–Trinajstić information content (AvgIpc) is 2.36. The van der Waals surface area contributed by atoms with Crippen molar-refractivity contribution in [3.05, 3.63) is 36.0 Å². The van der Waals surface area contributed by atoms with E-state index in [0.717, 1.165) is 22.3 Å². The third-order valence-corrected chi connectivity index (χ3v) is 3.13. The van der Waals surface area contributed by atoms with Gasteiger partial charge >= 0.3 is 0 Å². The summed E-state index contributed by atoms with van der Waals surface area (Å²) in [5, 5.41) is 7.28. The van der Waals surface area contributed by atoms with Gasteiger partial charge in [0.05, 0.1) is 11.2 Å². The molecule has 1 aromatic heterocycles. The van der Waals surface area contributed by atoms with E-state index in [1.807, 2.05) is 37.3 Å². The largest absolute Gasteiger partial charge is 0.325 e. The molecule has 1 aromatic carbocycles. The van der Waals surface area contributed by atoms with Crippen LogP contribution in [0, 0.1) is 6.92 Å². The van der Waals surface area contributed by atoms with Crippen LogP contribution in [0.4, 0.5) is 5.69 Å². The number of aryl methyl sites for hydroxylation is 1. The summed E-state index contributed by atoms with van der Waals surface area (Å²) in [5.74, 6) is 0.0162. The first-order valence-corrected chi connectivity index (χ1v) is 7.26. The fourth-order valence-electron chi connectivity index (χ4n) is 2.17. The maximum atomic E-state index is 12.1. The van der Waals surface area contributed by atoms with Gasteiger partial charge in [-0.3, -0.25) is 9.78 Å². The molecule has 21 heavy (non-hydrogen) atoms. The Balaban J connectivity index is 2.07. The molecule has 0 aliphatic rings. The van der Waals surface area contributed by atoms with Gasteiger partial charge in [-0.05, 0) is 39.8 Å². The van der Waals surface area contributed by atoms with Crippen molar-refractivity contribution in [1.29, 1.82) is 0 Å². The molecule has 0 atom stereocenters. The first-order valence-electron chi connectivity index (χ1n) is 7.26. The number of aromatic nitrogens is 1. The summed E-state index contributed by atoms with van der Waals surface area (Å²) in [4.78, 5) is 16.6. The maximum Gasteiger partial charge on any atom is 0.225 e. The Hall–Kier alpha value is -1.94. The highest BCUT2D eigenvalue weighted by molar-refractivity contribution is 6.01. The molecule has 4 heteroatoms. The molecule has 4 nitrogen and oxygen atoms in total. The van der Waals surface area contributed by atoms with Crippen LogP contribution in [-0.2, 0) is 4.79 Å². The lowest BCUT2D eigenvalue weighted by molar-refractivity contribution is -0.116. The first kappa shape index (κ1) is 15.4. The second kappa shape index (κ2) is 6.22. The van der Waals surface area contributed by atoms with E-state index in [1.54, 1.807) is 0 Å². The minimum absolute atomic E-state index is 0.0162. The van der Waals surface area contributed by atoms with Crippen molar-refractivity contribution < 1.29 is 4.79 Å². The Bertz CT molecular complexity index is 644. The predicted octanol–water partition coefficient (Wildman–Crippen LogP) is 3.26. The number of pyridine rings is 1. The molecule has 0 bridgehead atoms. The smallest absolute Gasteiger partial charge is 0.225 e. The molecule has 1 amide bonds. The number of carbonyl (C=O) groups is 1. The van der Waals surface area contributed by atoms with E-state index < -0.39 is 0 Å². The molecule has 112 valence electrons. The van der Waals surface area contributed by atoms with Crippen LogP contribution in [-0.4, -0.2) is 23.0 Å². The number of nitrogens with one attached hydrogen (secondary N) is 2. The molecule has 0 saturated heterocycles. The van der Waals surface area contributed by atoms with Crippen LogP contribution in [0.5, 0.6) is 0 Å². The van der Waals surface area contributed by atoms with E-state index in [1.165, 1.54) is 0 Å². The summed E-state index contributed by atoms with van der Waals surface area (Å²) in [6.45, 7) is 8.86. The molecule has 1 heterocycles. The zero-order valence-electron chi connectivity index (χ0n) is 13.2. The SMILES string of the molecule is Cc1cc(NC(=O)CCNC(C)(C)C)c2ccccc2n1. The van der Waals surface area contributed by atoms with Gasteiger partial charge in [-0.1, -0.05) is 18.2 Å². The fraction of sp³-hybridized carbons (Fsp3) is 0.412. The molecular weight excluding hydrogens is 262 g/mol. The van der Waals surface area contributed by atoms with Crippen molar-refractivity contribution in [2.45, 2.75) is 39.7 Å². The van der Waals surface area contributed by atoms with Crippen LogP contribution in [0.2, 0.25) is 0 Å². The third kappa shape index (κ3) is 4.53. The summed E-state index contributed by atoms with van der Waals surface area (Å²) < 4.78 is 0. The minimum Gasteiger partial charge on any atom is -0.325 e. The first-order chi connectivity index (χ1) is 9.85. The number of rotatable bonds is 4. The van der Waals surface area contributed by atoms with E-state index in [2.05, 4.69) is 36.4 Å². The van der Waals surface area contributed by atoms with Crippen LogP contribution < -0.4 is 10.6 Å². The number of amides is 1. The molecule has 0 unspecified atom stereocenters. The zero-order chi connectivity index (χ0) is 15.5. The fourth-order valence-corrected chi connectivity index (χ4v) is 2.17. The van der Waals surface area contributed by atoms with Gasteiger partial charge in [0, 0.05) is 29.6 Å². The van der Waals surface area contributed by atoms with Gasteiger partial charge < -0.3 is 10.6 Å². The molecule has 0 aliphatic carbocycles. The number of carbonyl (C=O) groups excluding carboxylic acids is 1. The van der Waals surface area contributed by atoms with Gasteiger partial charge in [-0.25, -0.2) is 0 Å². The van der Waals surface area contributed by atoms with E-state index in [-0.39, 0.29) is 11.4 Å². The number of benzene rings is 1. The number of anilines is 1. The second-order valence-corrected chi connectivity index (χ2v) is 6.30. The standard InChI is InChI=1S/C17H23N3O/c1-12-11-15(13-7-5-6-8-14(13)19-12)20-16(21)9-10-18-17(2,3)4/h5-8,11,18H,9-10H2,1-4H3,(H,19,20,21). The number of fused-ring (bicyclic) bond motifs is 1. The van der Waals surface area contributed by atoms with Crippen molar-refractivity contribution >= 4 is 22.5 Å². The van der Waals surface area contributed by atoms with E-state index >= 15 is 0 Å². The van der Waals surface area contributed by atoms with Crippen LogP contribution in [0.3, 0.4) is 0 Å². The molecule has 0 spiro atoms. The van der Waals surface area contributed by atoms with Crippen molar-refractivity contribution in [1.82, 2.24) is 10.3 Å².